The molecular formula is C42H86N2O6P+. The zero-order chi connectivity index (χ0) is 37.9. The molecule has 9 heteroatoms. The van der Waals surface area contributed by atoms with E-state index in [-0.39, 0.29) is 19.1 Å². The Bertz CT molecular complexity index is 850. The SMILES string of the molecule is CCCCCCCC/C=C\CCCCCCCCCCCC(=O)NC(COP(=O)(O)OCC[N+](C)(C)C)C(O)CCCCCCCCCCCC. The van der Waals surface area contributed by atoms with Crippen molar-refractivity contribution in [3.8, 4) is 0 Å². The third-order valence-corrected chi connectivity index (χ3v) is 10.7. The van der Waals surface area contributed by atoms with E-state index in [9.17, 15) is 19.4 Å². The Balaban J connectivity index is 4.29. The monoisotopic (exact) mass is 746 g/mol. The van der Waals surface area contributed by atoms with Gasteiger partial charge in [0.25, 0.3) is 0 Å². The van der Waals surface area contributed by atoms with Crippen LogP contribution in [0.25, 0.3) is 0 Å². The lowest BCUT2D eigenvalue weighted by atomic mass is 10.0. The largest absolute Gasteiger partial charge is 0.472 e. The van der Waals surface area contributed by atoms with Gasteiger partial charge in [-0.15, -0.1) is 0 Å². The molecule has 0 heterocycles. The quantitative estimate of drug-likeness (QED) is 0.0250. The second-order valence-electron chi connectivity index (χ2n) is 16.1. The highest BCUT2D eigenvalue weighted by atomic mass is 31.2. The van der Waals surface area contributed by atoms with Gasteiger partial charge in [0.15, 0.2) is 0 Å². The van der Waals surface area contributed by atoms with Crippen LogP contribution < -0.4 is 5.32 Å². The average Bonchev–Trinajstić information content (AvgIpc) is 3.07. The average molecular weight is 746 g/mol. The summed E-state index contributed by atoms with van der Waals surface area (Å²) in [5.74, 6) is -0.148. The first kappa shape index (κ1) is 50.2. The van der Waals surface area contributed by atoms with E-state index in [0.29, 0.717) is 23.9 Å². The molecule has 0 radical (unpaired) electrons. The van der Waals surface area contributed by atoms with Gasteiger partial charge < -0.3 is 19.8 Å². The summed E-state index contributed by atoms with van der Waals surface area (Å²) in [6, 6.07) is -0.755. The van der Waals surface area contributed by atoms with E-state index in [4.69, 9.17) is 9.05 Å². The minimum atomic E-state index is -4.30. The molecule has 3 N–H and O–H groups in total. The van der Waals surface area contributed by atoms with E-state index >= 15 is 0 Å². The second kappa shape index (κ2) is 35.0. The maximum absolute atomic E-state index is 12.8. The molecule has 0 aliphatic heterocycles. The molecule has 8 nitrogen and oxygen atoms in total. The van der Waals surface area contributed by atoms with Crippen LogP contribution in [-0.2, 0) is 18.4 Å². The summed E-state index contributed by atoms with van der Waals surface area (Å²) in [6.07, 6.45) is 38.1. The number of rotatable bonds is 39. The molecule has 3 unspecified atom stereocenters. The standard InChI is InChI=1S/C42H85N2O6P/c1-6-8-10-12-14-16-18-19-20-21-22-23-24-25-26-28-30-32-34-36-42(46)43-40(39-50-51(47,48)49-38-37-44(3,4)5)41(45)35-33-31-29-27-17-15-13-11-9-7-2/h19-20,40-41,45H,6-18,21-39H2,1-5H3,(H-,43,46,47,48)/p+1/b20-19-. The van der Waals surface area contributed by atoms with Crippen molar-refractivity contribution in [3.63, 3.8) is 0 Å². The van der Waals surface area contributed by atoms with Crippen LogP contribution in [0, 0.1) is 0 Å². The molecule has 0 spiro atoms. The highest BCUT2D eigenvalue weighted by molar-refractivity contribution is 7.47. The normalized spacial score (nSPS) is 14.6. The number of carbonyl (C=O) groups is 1. The molecule has 0 aromatic rings. The molecule has 0 saturated heterocycles. The van der Waals surface area contributed by atoms with Gasteiger partial charge in [0.05, 0.1) is 39.9 Å². The minimum Gasteiger partial charge on any atom is -0.391 e. The van der Waals surface area contributed by atoms with Crippen LogP contribution in [0.2, 0.25) is 0 Å². The third-order valence-electron chi connectivity index (χ3n) is 9.76. The molecule has 0 aliphatic rings. The summed E-state index contributed by atoms with van der Waals surface area (Å²) in [5.41, 5.74) is 0. The first-order chi connectivity index (χ1) is 24.5. The maximum atomic E-state index is 12.8. The summed E-state index contributed by atoms with van der Waals surface area (Å²) in [6.45, 7) is 4.87. The number of carbonyl (C=O) groups excluding carboxylic acids is 1. The van der Waals surface area contributed by atoms with E-state index in [2.05, 4.69) is 31.3 Å². The van der Waals surface area contributed by atoms with Gasteiger partial charge in [-0.3, -0.25) is 13.8 Å². The lowest BCUT2D eigenvalue weighted by molar-refractivity contribution is -0.870. The molecule has 51 heavy (non-hydrogen) atoms. The Labute approximate surface area is 316 Å². The Morgan fingerprint density at radius 2 is 1.06 bits per heavy atom. The predicted octanol–water partition coefficient (Wildman–Crippen LogP) is 11.6. The van der Waals surface area contributed by atoms with Crippen LogP contribution >= 0.6 is 7.82 Å². The van der Waals surface area contributed by atoms with Gasteiger partial charge in [0.1, 0.15) is 13.2 Å². The van der Waals surface area contributed by atoms with E-state index in [1.807, 2.05) is 21.1 Å². The molecule has 1 amide bonds. The molecule has 0 aliphatic carbocycles. The molecule has 3 atom stereocenters. The zero-order valence-electron chi connectivity index (χ0n) is 34.4. The molecule has 0 bridgehead atoms. The number of likely N-dealkylation sites (N-methyl/N-ethyl adjacent to an activating group) is 1. The first-order valence-corrected chi connectivity index (χ1v) is 23.0. The van der Waals surface area contributed by atoms with Crippen molar-refractivity contribution in [1.29, 1.82) is 0 Å². The van der Waals surface area contributed by atoms with E-state index < -0.39 is 20.0 Å². The summed E-state index contributed by atoms with van der Waals surface area (Å²) >= 11 is 0. The molecule has 0 aromatic carbocycles. The topological polar surface area (TPSA) is 105 Å². The van der Waals surface area contributed by atoms with Gasteiger partial charge in [0.2, 0.25) is 5.91 Å². The number of quaternary nitrogens is 1. The van der Waals surface area contributed by atoms with Gasteiger partial charge in [-0.1, -0.05) is 167 Å². The van der Waals surface area contributed by atoms with Crippen molar-refractivity contribution in [2.75, 3.05) is 40.9 Å². The number of nitrogens with one attached hydrogen (secondary N) is 1. The lowest BCUT2D eigenvalue weighted by Crippen LogP contribution is -2.46. The molecule has 0 aromatic heterocycles. The summed E-state index contributed by atoms with van der Waals surface area (Å²) in [5, 5.41) is 13.9. The van der Waals surface area contributed by atoms with Gasteiger partial charge in [-0.25, -0.2) is 4.57 Å². The summed E-state index contributed by atoms with van der Waals surface area (Å²) in [4.78, 5) is 23.1. The van der Waals surface area contributed by atoms with Crippen LogP contribution in [0.4, 0.5) is 0 Å². The smallest absolute Gasteiger partial charge is 0.391 e. The Morgan fingerprint density at radius 1 is 0.647 bits per heavy atom. The minimum absolute atomic E-state index is 0.0759. The van der Waals surface area contributed by atoms with Crippen LogP contribution in [-0.4, -0.2) is 73.4 Å². The van der Waals surface area contributed by atoms with Crippen molar-refractivity contribution in [1.82, 2.24) is 5.32 Å². The van der Waals surface area contributed by atoms with Gasteiger partial charge >= 0.3 is 7.82 Å². The molecule has 304 valence electrons. The summed E-state index contributed by atoms with van der Waals surface area (Å²) in [7, 11) is 1.62. The van der Waals surface area contributed by atoms with Crippen LogP contribution in [0.3, 0.4) is 0 Å². The maximum Gasteiger partial charge on any atom is 0.472 e. The van der Waals surface area contributed by atoms with E-state index in [0.717, 1.165) is 38.5 Å². The third kappa shape index (κ3) is 37.4. The number of allylic oxidation sites excluding steroid dienone is 2. The summed E-state index contributed by atoms with van der Waals surface area (Å²) < 4.78 is 23.5. The van der Waals surface area contributed by atoms with Crippen LogP contribution in [0.15, 0.2) is 12.2 Å². The van der Waals surface area contributed by atoms with Crippen molar-refractivity contribution in [2.45, 2.75) is 212 Å². The first-order valence-electron chi connectivity index (χ1n) is 21.6. The molecule has 0 rings (SSSR count). The second-order valence-corrected chi connectivity index (χ2v) is 17.5. The molecule has 0 fully saturated rings. The fourth-order valence-corrected chi connectivity index (χ4v) is 7.01. The molecular weight excluding hydrogens is 659 g/mol. The number of phosphoric acid groups is 1. The zero-order valence-corrected chi connectivity index (χ0v) is 35.3. The van der Waals surface area contributed by atoms with Gasteiger partial charge in [-0.05, 0) is 38.5 Å². The van der Waals surface area contributed by atoms with Crippen molar-refractivity contribution < 1.29 is 32.9 Å². The highest BCUT2D eigenvalue weighted by Gasteiger charge is 2.28. The molecule has 0 saturated carbocycles. The van der Waals surface area contributed by atoms with Crippen LogP contribution in [0.5, 0.6) is 0 Å². The van der Waals surface area contributed by atoms with E-state index in [1.54, 1.807) is 0 Å². The number of hydrogen-bond donors (Lipinski definition) is 3. The fourth-order valence-electron chi connectivity index (χ4n) is 6.28. The van der Waals surface area contributed by atoms with Crippen molar-refractivity contribution in [2.24, 2.45) is 0 Å². The fraction of sp³-hybridized carbons (Fsp3) is 0.929. The highest BCUT2D eigenvalue weighted by Crippen LogP contribution is 2.43. The van der Waals surface area contributed by atoms with Crippen molar-refractivity contribution in [3.05, 3.63) is 12.2 Å². The number of unbranched alkanes of at least 4 members (excludes halogenated alkanes) is 24. The Morgan fingerprint density at radius 3 is 1.51 bits per heavy atom. The number of nitrogens with zero attached hydrogens (tertiary/aromatic N) is 1. The number of aliphatic hydroxyl groups excluding tert-OH is 1. The van der Waals surface area contributed by atoms with E-state index in [1.165, 1.54) is 135 Å². The predicted molar refractivity (Wildman–Crippen MR) is 217 cm³/mol. The van der Waals surface area contributed by atoms with Gasteiger partial charge in [0, 0.05) is 6.42 Å². The van der Waals surface area contributed by atoms with Crippen molar-refractivity contribution >= 4 is 13.7 Å². The number of hydrogen-bond acceptors (Lipinski definition) is 5. The van der Waals surface area contributed by atoms with Gasteiger partial charge in [-0.2, -0.15) is 0 Å². The van der Waals surface area contributed by atoms with Crippen LogP contribution in [0.1, 0.15) is 200 Å². The number of amides is 1. The Kier molecular flexibility index (Phi) is 34.5. The Hall–Kier alpha value is -0.760. The number of phosphoric ester groups is 1. The number of aliphatic hydroxyl groups is 1. The lowest BCUT2D eigenvalue weighted by Gasteiger charge is -2.26.